The lowest BCUT2D eigenvalue weighted by Crippen LogP contribution is -2.38. The van der Waals surface area contributed by atoms with Crippen molar-refractivity contribution in [3.63, 3.8) is 0 Å². The predicted molar refractivity (Wildman–Crippen MR) is 134 cm³/mol. The second-order valence-corrected chi connectivity index (χ2v) is 9.04. The maximum absolute atomic E-state index is 13.4. The molecule has 7 nitrogen and oxygen atoms in total. The summed E-state index contributed by atoms with van der Waals surface area (Å²) in [5.41, 5.74) is 1.86. The third-order valence-electron chi connectivity index (χ3n) is 6.09. The van der Waals surface area contributed by atoms with Crippen LogP contribution >= 0.6 is 0 Å². The number of fused-ring (bicyclic) bond motifs is 2. The standard InChI is InChI=1S/C27H26N4O3/c1-17(2)15-30-25-23(26(33)29(3)27(30)34)24(19-10-7-12-21(32)14-19)31(28-25)16-20-11-6-9-18-8-4-5-13-22(18)20/h4-14,17,32H,15-16H2,1-3H3. The van der Waals surface area contributed by atoms with Gasteiger partial charge in [-0.25, -0.2) is 4.79 Å². The topological polar surface area (TPSA) is 82.0 Å². The molecule has 0 unspecified atom stereocenters. The zero-order chi connectivity index (χ0) is 24.0. The van der Waals surface area contributed by atoms with Crippen LogP contribution in [0.3, 0.4) is 0 Å². The van der Waals surface area contributed by atoms with Crippen LogP contribution in [0.15, 0.2) is 76.3 Å². The Hall–Kier alpha value is -4.13. The fourth-order valence-electron chi connectivity index (χ4n) is 4.54. The molecule has 2 aromatic heterocycles. The number of benzene rings is 3. The van der Waals surface area contributed by atoms with Crippen LogP contribution in [0.5, 0.6) is 5.75 Å². The molecule has 1 N–H and O–H groups in total. The average molecular weight is 455 g/mol. The summed E-state index contributed by atoms with van der Waals surface area (Å²) >= 11 is 0. The molecule has 34 heavy (non-hydrogen) atoms. The lowest BCUT2D eigenvalue weighted by Gasteiger charge is -2.11. The molecule has 7 heteroatoms. The van der Waals surface area contributed by atoms with E-state index in [0.29, 0.717) is 35.4 Å². The minimum atomic E-state index is -0.400. The number of hydrogen-bond donors (Lipinski definition) is 1. The van der Waals surface area contributed by atoms with Crippen LogP contribution in [0.4, 0.5) is 0 Å². The Kier molecular flexibility index (Phi) is 5.32. The second kappa shape index (κ2) is 8.33. The van der Waals surface area contributed by atoms with E-state index in [1.807, 2.05) is 44.2 Å². The highest BCUT2D eigenvalue weighted by atomic mass is 16.3. The highest BCUT2D eigenvalue weighted by Crippen LogP contribution is 2.30. The van der Waals surface area contributed by atoms with Crippen LogP contribution < -0.4 is 11.2 Å². The van der Waals surface area contributed by atoms with E-state index in [2.05, 4.69) is 18.2 Å². The highest BCUT2D eigenvalue weighted by Gasteiger charge is 2.23. The first-order valence-electron chi connectivity index (χ1n) is 11.3. The van der Waals surface area contributed by atoms with Gasteiger partial charge in [-0.2, -0.15) is 5.10 Å². The largest absolute Gasteiger partial charge is 0.508 e. The molecule has 172 valence electrons. The SMILES string of the molecule is CC(C)Cn1c(=O)n(C)c(=O)c2c(-c3cccc(O)c3)n(Cc3cccc4ccccc34)nc21. The molecule has 0 spiro atoms. The van der Waals surface area contributed by atoms with Gasteiger partial charge >= 0.3 is 5.69 Å². The molecule has 0 fully saturated rings. The van der Waals surface area contributed by atoms with E-state index in [9.17, 15) is 14.7 Å². The third-order valence-corrected chi connectivity index (χ3v) is 6.09. The first-order chi connectivity index (χ1) is 16.3. The molecule has 0 bridgehead atoms. The van der Waals surface area contributed by atoms with Crippen molar-refractivity contribution in [1.82, 2.24) is 18.9 Å². The number of hydrogen-bond acceptors (Lipinski definition) is 4. The van der Waals surface area contributed by atoms with Crippen molar-refractivity contribution in [3.8, 4) is 17.0 Å². The quantitative estimate of drug-likeness (QED) is 0.433. The molecular formula is C27H26N4O3. The zero-order valence-corrected chi connectivity index (χ0v) is 19.4. The normalized spacial score (nSPS) is 11.6. The maximum atomic E-state index is 13.4. The van der Waals surface area contributed by atoms with Crippen molar-refractivity contribution in [3.05, 3.63) is 93.1 Å². The summed E-state index contributed by atoms with van der Waals surface area (Å²) < 4.78 is 4.49. The summed E-state index contributed by atoms with van der Waals surface area (Å²) in [7, 11) is 1.50. The van der Waals surface area contributed by atoms with Gasteiger partial charge in [-0.1, -0.05) is 68.4 Å². The molecule has 0 saturated heterocycles. The van der Waals surface area contributed by atoms with Gasteiger partial charge in [-0.15, -0.1) is 0 Å². The summed E-state index contributed by atoms with van der Waals surface area (Å²) in [6.45, 7) is 4.88. The van der Waals surface area contributed by atoms with E-state index >= 15 is 0 Å². The van der Waals surface area contributed by atoms with Crippen LogP contribution in [-0.2, 0) is 20.1 Å². The van der Waals surface area contributed by atoms with Gasteiger partial charge in [0.15, 0.2) is 5.65 Å². The van der Waals surface area contributed by atoms with Gasteiger partial charge in [0, 0.05) is 19.2 Å². The fourth-order valence-corrected chi connectivity index (χ4v) is 4.54. The lowest BCUT2D eigenvalue weighted by atomic mass is 10.0. The second-order valence-electron chi connectivity index (χ2n) is 9.04. The minimum absolute atomic E-state index is 0.0934. The first kappa shape index (κ1) is 21.7. The van der Waals surface area contributed by atoms with Crippen LogP contribution in [0.25, 0.3) is 33.1 Å². The predicted octanol–water partition coefficient (Wildman–Crippen LogP) is 4.13. The summed E-state index contributed by atoms with van der Waals surface area (Å²) in [6.07, 6.45) is 0. The average Bonchev–Trinajstić information content (AvgIpc) is 3.19. The Morgan fingerprint density at radius 3 is 2.47 bits per heavy atom. The zero-order valence-electron chi connectivity index (χ0n) is 19.4. The van der Waals surface area contributed by atoms with Crippen molar-refractivity contribution in [2.45, 2.75) is 26.9 Å². The number of aromatic hydroxyl groups is 1. The van der Waals surface area contributed by atoms with Gasteiger partial charge in [0.2, 0.25) is 0 Å². The lowest BCUT2D eigenvalue weighted by molar-refractivity contribution is 0.475. The molecule has 5 rings (SSSR count). The van der Waals surface area contributed by atoms with Gasteiger partial charge in [0.05, 0.1) is 12.2 Å². The third kappa shape index (κ3) is 3.59. The van der Waals surface area contributed by atoms with Crippen LogP contribution in [0, 0.1) is 5.92 Å². The van der Waals surface area contributed by atoms with Gasteiger partial charge in [-0.3, -0.25) is 18.6 Å². The number of rotatable bonds is 5. The molecule has 0 aliphatic rings. The van der Waals surface area contributed by atoms with Gasteiger partial charge in [-0.05, 0) is 34.4 Å². The van der Waals surface area contributed by atoms with Crippen molar-refractivity contribution in [2.24, 2.45) is 13.0 Å². The Labute approximate surface area is 196 Å². The molecule has 0 aliphatic heterocycles. The number of phenols is 1. The molecule has 2 heterocycles. The molecule has 0 aliphatic carbocycles. The molecule has 3 aromatic carbocycles. The number of aromatic nitrogens is 4. The van der Waals surface area contributed by atoms with E-state index in [0.717, 1.165) is 20.9 Å². The van der Waals surface area contributed by atoms with E-state index < -0.39 is 5.56 Å². The van der Waals surface area contributed by atoms with Crippen molar-refractivity contribution >= 4 is 21.8 Å². The minimum Gasteiger partial charge on any atom is -0.508 e. The number of nitrogens with zero attached hydrogens (tertiary/aromatic N) is 4. The van der Waals surface area contributed by atoms with Crippen LogP contribution in [-0.4, -0.2) is 24.0 Å². The summed E-state index contributed by atoms with van der Waals surface area (Å²) in [5.74, 6) is 0.279. The van der Waals surface area contributed by atoms with Crippen molar-refractivity contribution in [1.29, 1.82) is 0 Å². The Bertz CT molecular complexity index is 1650. The molecular weight excluding hydrogens is 428 g/mol. The van der Waals surface area contributed by atoms with Crippen LogP contribution in [0.2, 0.25) is 0 Å². The fraction of sp³-hybridized carbons (Fsp3) is 0.222. The van der Waals surface area contributed by atoms with E-state index in [1.165, 1.54) is 7.05 Å². The molecule has 0 radical (unpaired) electrons. The van der Waals surface area contributed by atoms with E-state index in [4.69, 9.17) is 5.10 Å². The van der Waals surface area contributed by atoms with Gasteiger partial charge in [0.1, 0.15) is 11.1 Å². The Balaban J connectivity index is 1.85. The molecule has 0 saturated carbocycles. The first-order valence-corrected chi connectivity index (χ1v) is 11.3. The molecule has 0 atom stereocenters. The monoisotopic (exact) mass is 454 g/mol. The van der Waals surface area contributed by atoms with Crippen molar-refractivity contribution < 1.29 is 5.11 Å². The number of phenolic OH excluding ortho intramolecular Hbond substituents is 1. The Morgan fingerprint density at radius 1 is 0.971 bits per heavy atom. The maximum Gasteiger partial charge on any atom is 0.332 e. The molecule has 0 amide bonds. The summed E-state index contributed by atoms with van der Waals surface area (Å²) in [6, 6.07) is 21.0. The van der Waals surface area contributed by atoms with Gasteiger partial charge in [0.25, 0.3) is 5.56 Å². The Morgan fingerprint density at radius 2 is 1.71 bits per heavy atom. The van der Waals surface area contributed by atoms with E-state index in [-0.39, 0.29) is 17.4 Å². The summed E-state index contributed by atoms with van der Waals surface area (Å²) in [4.78, 5) is 26.4. The van der Waals surface area contributed by atoms with Gasteiger partial charge < -0.3 is 5.11 Å². The highest BCUT2D eigenvalue weighted by molar-refractivity contribution is 5.91. The van der Waals surface area contributed by atoms with Crippen molar-refractivity contribution in [2.75, 3.05) is 0 Å². The van der Waals surface area contributed by atoms with E-state index in [1.54, 1.807) is 27.4 Å². The smallest absolute Gasteiger partial charge is 0.332 e. The molecule has 5 aromatic rings. The summed E-state index contributed by atoms with van der Waals surface area (Å²) in [5, 5.41) is 17.6. The van der Waals surface area contributed by atoms with Crippen LogP contribution in [0.1, 0.15) is 19.4 Å².